The number of hydrogen-bond donors (Lipinski definition) is 1. The SMILES string of the molecule is CCCCSCCC(=O)N1CCC(NC(C)=O)CC1. The molecule has 1 aliphatic rings. The summed E-state index contributed by atoms with van der Waals surface area (Å²) in [6.45, 7) is 5.29. The van der Waals surface area contributed by atoms with Crippen LogP contribution >= 0.6 is 11.8 Å². The smallest absolute Gasteiger partial charge is 0.223 e. The number of thioether (sulfide) groups is 1. The molecule has 1 saturated heterocycles. The van der Waals surface area contributed by atoms with Crippen LogP contribution in [0.15, 0.2) is 0 Å². The van der Waals surface area contributed by atoms with Gasteiger partial charge in [-0.15, -0.1) is 0 Å². The maximum absolute atomic E-state index is 12.0. The van der Waals surface area contributed by atoms with E-state index >= 15 is 0 Å². The second-order valence-corrected chi connectivity index (χ2v) is 6.30. The Balaban J connectivity index is 2.12. The number of unbranched alkanes of at least 4 members (excludes halogenated alkanes) is 1. The van der Waals surface area contributed by atoms with Crippen molar-refractivity contribution in [3.05, 3.63) is 0 Å². The summed E-state index contributed by atoms with van der Waals surface area (Å²) in [4.78, 5) is 24.9. The Morgan fingerprint density at radius 3 is 2.53 bits per heavy atom. The number of carbonyl (C=O) groups is 2. The van der Waals surface area contributed by atoms with Gasteiger partial charge in [-0.05, 0) is 25.0 Å². The van der Waals surface area contributed by atoms with Crippen molar-refractivity contribution >= 4 is 23.6 Å². The third kappa shape index (κ3) is 6.85. The average Bonchev–Trinajstić information content (AvgIpc) is 2.38. The third-order valence-electron chi connectivity index (χ3n) is 3.36. The Bertz CT molecular complexity index is 289. The van der Waals surface area contributed by atoms with Crippen molar-refractivity contribution in [1.82, 2.24) is 10.2 Å². The van der Waals surface area contributed by atoms with Crippen molar-refractivity contribution < 1.29 is 9.59 Å². The monoisotopic (exact) mass is 286 g/mol. The van der Waals surface area contributed by atoms with E-state index < -0.39 is 0 Å². The molecule has 0 saturated carbocycles. The van der Waals surface area contributed by atoms with Crippen LogP contribution in [-0.2, 0) is 9.59 Å². The van der Waals surface area contributed by atoms with Crippen LogP contribution in [0, 0.1) is 0 Å². The Morgan fingerprint density at radius 2 is 1.95 bits per heavy atom. The summed E-state index contributed by atoms with van der Waals surface area (Å²) in [6.07, 6.45) is 4.88. The lowest BCUT2D eigenvalue weighted by Crippen LogP contribution is -2.46. The number of piperidine rings is 1. The van der Waals surface area contributed by atoms with Crippen molar-refractivity contribution in [2.45, 2.75) is 52.0 Å². The lowest BCUT2D eigenvalue weighted by Gasteiger charge is -2.32. The van der Waals surface area contributed by atoms with E-state index in [-0.39, 0.29) is 17.9 Å². The van der Waals surface area contributed by atoms with Gasteiger partial charge in [-0.2, -0.15) is 11.8 Å². The molecule has 0 spiro atoms. The number of amides is 2. The minimum Gasteiger partial charge on any atom is -0.353 e. The zero-order chi connectivity index (χ0) is 14.1. The predicted octanol–water partition coefficient (Wildman–Crippen LogP) is 2.04. The lowest BCUT2D eigenvalue weighted by molar-refractivity contribution is -0.131. The molecule has 2 amide bonds. The third-order valence-corrected chi connectivity index (χ3v) is 4.43. The van der Waals surface area contributed by atoms with E-state index in [4.69, 9.17) is 0 Å². The molecule has 19 heavy (non-hydrogen) atoms. The fourth-order valence-electron chi connectivity index (χ4n) is 2.23. The second-order valence-electron chi connectivity index (χ2n) is 5.07. The van der Waals surface area contributed by atoms with Gasteiger partial charge < -0.3 is 10.2 Å². The van der Waals surface area contributed by atoms with Crippen LogP contribution in [0.25, 0.3) is 0 Å². The Labute approximate surface area is 120 Å². The number of nitrogens with one attached hydrogen (secondary N) is 1. The van der Waals surface area contributed by atoms with Crippen LogP contribution in [-0.4, -0.2) is 47.4 Å². The molecule has 1 fully saturated rings. The number of nitrogens with zero attached hydrogens (tertiary/aromatic N) is 1. The lowest BCUT2D eigenvalue weighted by atomic mass is 10.0. The van der Waals surface area contributed by atoms with Crippen LogP contribution in [0.1, 0.15) is 46.0 Å². The molecule has 4 nitrogen and oxygen atoms in total. The van der Waals surface area contributed by atoms with Crippen molar-refractivity contribution in [2.24, 2.45) is 0 Å². The van der Waals surface area contributed by atoms with E-state index in [1.807, 2.05) is 16.7 Å². The maximum Gasteiger partial charge on any atom is 0.223 e. The van der Waals surface area contributed by atoms with Crippen molar-refractivity contribution in [1.29, 1.82) is 0 Å². The molecule has 0 aromatic rings. The Hall–Kier alpha value is -0.710. The van der Waals surface area contributed by atoms with E-state index in [0.29, 0.717) is 6.42 Å². The molecule has 110 valence electrons. The highest BCUT2D eigenvalue weighted by atomic mass is 32.2. The number of hydrogen-bond acceptors (Lipinski definition) is 3. The van der Waals surface area contributed by atoms with Crippen LogP contribution in [0.5, 0.6) is 0 Å². The summed E-state index contributed by atoms with van der Waals surface area (Å²) in [5.41, 5.74) is 0. The highest BCUT2D eigenvalue weighted by Crippen LogP contribution is 2.13. The maximum atomic E-state index is 12.0. The van der Waals surface area contributed by atoms with Gasteiger partial charge in [0.25, 0.3) is 0 Å². The van der Waals surface area contributed by atoms with Gasteiger partial charge in [0.15, 0.2) is 0 Å². The van der Waals surface area contributed by atoms with E-state index in [0.717, 1.165) is 37.4 Å². The topological polar surface area (TPSA) is 49.4 Å². The summed E-state index contributed by atoms with van der Waals surface area (Å²) in [5.74, 6) is 2.39. The summed E-state index contributed by atoms with van der Waals surface area (Å²) >= 11 is 1.87. The Kier molecular flexibility index (Phi) is 7.94. The van der Waals surface area contributed by atoms with E-state index in [1.165, 1.54) is 12.8 Å². The number of likely N-dealkylation sites (tertiary alicyclic amines) is 1. The first-order valence-corrected chi connectivity index (χ1v) is 8.41. The fourth-order valence-corrected chi connectivity index (χ4v) is 3.24. The Morgan fingerprint density at radius 1 is 1.26 bits per heavy atom. The van der Waals surface area contributed by atoms with Crippen LogP contribution in [0.3, 0.4) is 0 Å². The minimum absolute atomic E-state index is 0.0251. The molecule has 0 unspecified atom stereocenters. The fraction of sp³-hybridized carbons (Fsp3) is 0.857. The van der Waals surface area contributed by atoms with Gasteiger partial charge in [-0.25, -0.2) is 0 Å². The summed E-state index contributed by atoms with van der Waals surface area (Å²) in [6, 6.07) is 0.250. The van der Waals surface area contributed by atoms with Crippen LogP contribution in [0.2, 0.25) is 0 Å². The van der Waals surface area contributed by atoms with Crippen molar-refractivity contribution in [3.63, 3.8) is 0 Å². The normalized spacial score (nSPS) is 16.4. The van der Waals surface area contributed by atoms with Crippen molar-refractivity contribution in [3.8, 4) is 0 Å². The first-order valence-electron chi connectivity index (χ1n) is 7.26. The van der Waals surface area contributed by atoms with Gasteiger partial charge in [0.2, 0.25) is 11.8 Å². The standard InChI is InChI=1S/C14H26N2O2S/c1-3-4-10-19-11-7-14(18)16-8-5-13(6-9-16)15-12(2)17/h13H,3-11H2,1-2H3,(H,15,17). The van der Waals surface area contributed by atoms with Crippen LogP contribution < -0.4 is 5.32 Å². The molecule has 5 heteroatoms. The highest BCUT2D eigenvalue weighted by molar-refractivity contribution is 7.99. The van der Waals surface area contributed by atoms with Crippen LogP contribution in [0.4, 0.5) is 0 Å². The number of carbonyl (C=O) groups excluding carboxylic acids is 2. The highest BCUT2D eigenvalue weighted by Gasteiger charge is 2.22. The number of rotatable bonds is 7. The summed E-state index contributed by atoms with van der Waals surface area (Å²) in [5, 5.41) is 2.93. The van der Waals surface area contributed by atoms with E-state index in [2.05, 4.69) is 12.2 Å². The summed E-state index contributed by atoms with van der Waals surface area (Å²) in [7, 11) is 0. The molecular formula is C14H26N2O2S. The molecule has 1 N–H and O–H groups in total. The van der Waals surface area contributed by atoms with Gasteiger partial charge in [-0.1, -0.05) is 13.3 Å². The van der Waals surface area contributed by atoms with Gasteiger partial charge in [-0.3, -0.25) is 9.59 Å². The molecule has 0 aromatic heterocycles. The second kappa shape index (κ2) is 9.23. The van der Waals surface area contributed by atoms with Gasteiger partial charge in [0.05, 0.1) is 0 Å². The quantitative estimate of drug-likeness (QED) is 0.729. The van der Waals surface area contributed by atoms with Gasteiger partial charge >= 0.3 is 0 Å². The van der Waals surface area contributed by atoms with Gasteiger partial charge in [0.1, 0.15) is 0 Å². The first kappa shape index (κ1) is 16.3. The molecular weight excluding hydrogens is 260 g/mol. The van der Waals surface area contributed by atoms with Crippen molar-refractivity contribution in [2.75, 3.05) is 24.6 Å². The predicted molar refractivity (Wildman–Crippen MR) is 80.3 cm³/mol. The molecule has 0 radical (unpaired) electrons. The zero-order valence-electron chi connectivity index (χ0n) is 12.1. The first-order chi connectivity index (χ1) is 9.13. The summed E-state index contributed by atoms with van der Waals surface area (Å²) < 4.78 is 0. The molecule has 1 aliphatic heterocycles. The van der Waals surface area contributed by atoms with E-state index in [1.54, 1.807) is 6.92 Å². The minimum atomic E-state index is 0.0251. The molecule has 0 atom stereocenters. The molecule has 0 aliphatic carbocycles. The zero-order valence-corrected chi connectivity index (χ0v) is 12.9. The molecule has 1 heterocycles. The largest absolute Gasteiger partial charge is 0.353 e. The average molecular weight is 286 g/mol. The van der Waals surface area contributed by atoms with Gasteiger partial charge in [0, 0.05) is 38.2 Å². The molecule has 0 aromatic carbocycles. The molecule has 1 rings (SSSR count). The van der Waals surface area contributed by atoms with E-state index in [9.17, 15) is 9.59 Å². The molecule has 0 bridgehead atoms.